The number of rotatable bonds is 4. The molecule has 0 aliphatic carbocycles. The van der Waals surface area contributed by atoms with Gasteiger partial charge in [-0.1, -0.05) is 32.9 Å². The minimum absolute atomic E-state index is 0.0467. The van der Waals surface area contributed by atoms with E-state index in [-0.39, 0.29) is 15.6 Å². The Morgan fingerprint density at radius 3 is 2.27 bits per heavy atom. The molecule has 0 spiro atoms. The second-order valence-corrected chi connectivity index (χ2v) is 7.55. The molecule has 2 aromatic carbocycles. The van der Waals surface area contributed by atoms with Crippen LogP contribution in [0, 0.1) is 11.6 Å². The third kappa shape index (κ3) is 5.11. The van der Waals surface area contributed by atoms with Crippen molar-refractivity contribution in [1.82, 2.24) is 0 Å². The van der Waals surface area contributed by atoms with E-state index in [0.717, 1.165) is 11.6 Å². The SMILES string of the molecule is CC(C)(C)c1ccc(C(=O)OCC(=O)Nc2c(F)cc(F)cc2Br)cc1. The van der Waals surface area contributed by atoms with Crippen LogP contribution in [0.5, 0.6) is 0 Å². The number of carbonyl (C=O) groups is 2. The maximum absolute atomic E-state index is 13.7. The number of halogens is 3. The van der Waals surface area contributed by atoms with E-state index in [1.807, 2.05) is 12.1 Å². The summed E-state index contributed by atoms with van der Waals surface area (Å²) in [7, 11) is 0. The number of amides is 1. The maximum Gasteiger partial charge on any atom is 0.338 e. The van der Waals surface area contributed by atoms with Crippen LogP contribution in [0.25, 0.3) is 0 Å². The molecule has 4 nitrogen and oxygen atoms in total. The van der Waals surface area contributed by atoms with Crippen molar-refractivity contribution in [2.75, 3.05) is 11.9 Å². The summed E-state index contributed by atoms with van der Waals surface area (Å²) in [6, 6.07) is 8.54. The summed E-state index contributed by atoms with van der Waals surface area (Å²) < 4.78 is 31.7. The molecule has 0 unspecified atom stereocenters. The normalized spacial score (nSPS) is 11.2. The van der Waals surface area contributed by atoms with E-state index in [0.29, 0.717) is 11.6 Å². The lowest BCUT2D eigenvalue weighted by Gasteiger charge is -2.18. The maximum atomic E-state index is 13.7. The lowest BCUT2D eigenvalue weighted by atomic mass is 9.87. The Balaban J connectivity index is 1.96. The predicted molar refractivity (Wildman–Crippen MR) is 98.1 cm³/mol. The number of benzene rings is 2. The molecule has 138 valence electrons. The van der Waals surface area contributed by atoms with Gasteiger partial charge >= 0.3 is 5.97 Å². The molecule has 0 saturated heterocycles. The Morgan fingerprint density at radius 1 is 1.12 bits per heavy atom. The highest BCUT2D eigenvalue weighted by atomic mass is 79.9. The highest BCUT2D eigenvalue weighted by molar-refractivity contribution is 9.10. The fourth-order valence-electron chi connectivity index (χ4n) is 2.16. The van der Waals surface area contributed by atoms with Crippen molar-refractivity contribution in [2.24, 2.45) is 0 Å². The minimum atomic E-state index is -0.936. The van der Waals surface area contributed by atoms with Crippen LogP contribution >= 0.6 is 15.9 Å². The Morgan fingerprint density at radius 2 is 1.73 bits per heavy atom. The van der Waals surface area contributed by atoms with E-state index in [1.165, 1.54) is 0 Å². The van der Waals surface area contributed by atoms with Crippen molar-refractivity contribution in [3.8, 4) is 0 Å². The molecule has 7 heteroatoms. The van der Waals surface area contributed by atoms with Gasteiger partial charge in [0, 0.05) is 10.5 Å². The van der Waals surface area contributed by atoms with Gasteiger partial charge in [0.2, 0.25) is 0 Å². The molecule has 0 bridgehead atoms. The van der Waals surface area contributed by atoms with Crippen molar-refractivity contribution >= 4 is 33.5 Å². The Labute approximate surface area is 158 Å². The van der Waals surface area contributed by atoms with E-state index in [9.17, 15) is 18.4 Å². The molecule has 1 amide bonds. The quantitative estimate of drug-likeness (QED) is 0.714. The second-order valence-electron chi connectivity index (χ2n) is 6.70. The van der Waals surface area contributed by atoms with Crippen molar-refractivity contribution in [1.29, 1.82) is 0 Å². The molecule has 2 aromatic rings. The smallest absolute Gasteiger partial charge is 0.338 e. The number of hydrogen-bond acceptors (Lipinski definition) is 3. The lowest BCUT2D eigenvalue weighted by Crippen LogP contribution is -2.22. The molecule has 0 aromatic heterocycles. The zero-order valence-electron chi connectivity index (χ0n) is 14.5. The Kier molecular flexibility index (Phi) is 6.13. The molecular formula is C19H18BrF2NO3. The molecule has 1 N–H and O–H groups in total. The molecule has 0 saturated carbocycles. The first kappa shape index (κ1) is 20.0. The Bertz CT molecular complexity index is 807. The van der Waals surface area contributed by atoms with Gasteiger partial charge in [0.15, 0.2) is 12.4 Å². The number of carbonyl (C=O) groups excluding carboxylic acids is 2. The summed E-state index contributed by atoms with van der Waals surface area (Å²) in [6.07, 6.45) is 0. The van der Waals surface area contributed by atoms with Crippen LogP contribution in [0.15, 0.2) is 40.9 Å². The van der Waals surface area contributed by atoms with Gasteiger partial charge in [-0.2, -0.15) is 0 Å². The van der Waals surface area contributed by atoms with Crippen molar-refractivity contribution < 1.29 is 23.1 Å². The van der Waals surface area contributed by atoms with Crippen LogP contribution in [0.1, 0.15) is 36.7 Å². The lowest BCUT2D eigenvalue weighted by molar-refractivity contribution is -0.119. The average Bonchev–Trinajstić information content (AvgIpc) is 2.55. The standard InChI is InChI=1S/C19H18BrF2NO3/c1-19(2,3)12-6-4-11(5-7-12)18(25)26-10-16(24)23-17-14(20)8-13(21)9-15(17)22/h4-9H,10H2,1-3H3,(H,23,24). The number of anilines is 1. The highest BCUT2D eigenvalue weighted by Crippen LogP contribution is 2.27. The van der Waals surface area contributed by atoms with Crippen molar-refractivity contribution in [3.63, 3.8) is 0 Å². The van der Waals surface area contributed by atoms with E-state index >= 15 is 0 Å². The van der Waals surface area contributed by atoms with Gasteiger partial charge in [-0.15, -0.1) is 0 Å². The molecule has 0 aliphatic rings. The van der Waals surface area contributed by atoms with Crippen molar-refractivity contribution in [2.45, 2.75) is 26.2 Å². The summed E-state index contributed by atoms with van der Waals surface area (Å²) in [5.74, 6) is -3.12. The molecule has 0 atom stereocenters. The van der Waals surface area contributed by atoms with Gasteiger partial charge in [-0.3, -0.25) is 4.79 Å². The summed E-state index contributed by atoms with van der Waals surface area (Å²) in [4.78, 5) is 23.9. The summed E-state index contributed by atoms with van der Waals surface area (Å²) in [5.41, 5.74) is 1.10. The first-order valence-electron chi connectivity index (χ1n) is 7.80. The van der Waals surface area contributed by atoms with E-state index in [4.69, 9.17) is 4.74 Å². The van der Waals surface area contributed by atoms with Crippen LogP contribution in [0.3, 0.4) is 0 Å². The van der Waals surface area contributed by atoms with Gasteiger partial charge in [0.25, 0.3) is 5.91 Å². The minimum Gasteiger partial charge on any atom is -0.452 e. The first-order chi connectivity index (χ1) is 12.1. The van der Waals surface area contributed by atoms with Crippen LogP contribution < -0.4 is 5.32 Å². The van der Waals surface area contributed by atoms with Gasteiger partial charge in [0.1, 0.15) is 5.82 Å². The van der Waals surface area contributed by atoms with Gasteiger partial charge < -0.3 is 10.1 Å². The van der Waals surface area contributed by atoms with Gasteiger partial charge in [0.05, 0.1) is 11.3 Å². The highest BCUT2D eigenvalue weighted by Gasteiger charge is 2.17. The third-order valence-electron chi connectivity index (χ3n) is 3.59. The molecular weight excluding hydrogens is 408 g/mol. The average molecular weight is 426 g/mol. The third-order valence-corrected chi connectivity index (χ3v) is 4.22. The monoisotopic (exact) mass is 425 g/mol. The molecule has 26 heavy (non-hydrogen) atoms. The number of nitrogens with one attached hydrogen (secondary N) is 1. The van der Waals surface area contributed by atoms with Gasteiger partial charge in [-0.25, -0.2) is 13.6 Å². The largest absolute Gasteiger partial charge is 0.452 e. The van der Waals surface area contributed by atoms with E-state index in [1.54, 1.807) is 12.1 Å². The van der Waals surface area contributed by atoms with Crippen LogP contribution in [0.2, 0.25) is 0 Å². The summed E-state index contributed by atoms with van der Waals surface area (Å²) >= 11 is 2.96. The zero-order chi connectivity index (χ0) is 19.5. The first-order valence-corrected chi connectivity index (χ1v) is 8.59. The Hall–Kier alpha value is -2.28. The van der Waals surface area contributed by atoms with Gasteiger partial charge in [-0.05, 0) is 45.1 Å². The molecule has 0 fully saturated rings. The molecule has 2 rings (SSSR count). The topological polar surface area (TPSA) is 55.4 Å². The van der Waals surface area contributed by atoms with E-state index in [2.05, 4.69) is 42.0 Å². The zero-order valence-corrected chi connectivity index (χ0v) is 16.1. The molecule has 0 radical (unpaired) electrons. The summed E-state index contributed by atoms with van der Waals surface area (Å²) in [6.45, 7) is 5.56. The second kappa shape index (κ2) is 7.95. The molecule has 0 aliphatic heterocycles. The number of hydrogen-bond donors (Lipinski definition) is 1. The van der Waals surface area contributed by atoms with Crippen LogP contribution in [-0.4, -0.2) is 18.5 Å². The van der Waals surface area contributed by atoms with E-state index < -0.39 is 30.1 Å². The van der Waals surface area contributed by atoms with Crippen molar-refractivity contribution in [3.05, 3.63) is 63.6 Å². The number of esters is 1. The molecule has 0 heterocycles. The predicted octanol–water partition coefficient (Wildman–Crippen LogP) is 4.82. The van der Waals surface area contributed by atoms with Crippen LogP contribution in [-0.2, 0) is 14.9 Å². The summed E-state index contributed by atoms with van der Waals surface area (Å²) in [5, 5.41) is 2.24. The number of ether oxygens (including phenoxy) is 1. The fraction of sp³-hybridized carbons (Fsp3) is 0.263. The fourth-order valence-corrected chi connectivity index (χ4v) is 2.67. The van der Waals surface area contributed by atoms with Crippen LogP contribution in [0.4, 0.5) is 14.5 Å².